The van der Waals surface area contributed by atoms with Gasteiger partial charge in [0.15, 0.2) is 0 Å². The molecule has 9 nitrogen and oxygen atoms in total. The van der Waals surface area contributed by atoms with Crippen molar-refractivity contribution in [3.05, 3.63) is 35.9 Å². The Kier molecular flexibility index (Phi) is 6.50. The van der Waals surface area contributed by atoms with Gasteiger partial charge in [-0.1, -0.05) is 25.1 Å². The third-order valence-corrected chi connectivity index (χ3v) is 12.7. The van der Waals surface area contributed by atoms with E-state index in [1.54, 1.807) is 40.6 Å². The van der Waals surface area contributed by atoms with Crippen LogP contribution in [-0.2, 0) is 23.7 Å². The molecule has 1 spiro atoms. The molecule has 13 unspecified atom stereocenters. The number of nitrogens with zero attached hydrogens (tertiary/aromatic N) is 1. The highest BCUT2D eigenvalue weighted by Crippen LogP contribution is 2.80. The maximum atomic E-state index is 13.5. The number of carbonyl (C=O) groups excluding carboxylic acids is 1. The summed E-state index contributed by atoms with van der Waals surface area (Å²) < 4.78 is 31.1. The third kappa shape index (κ3) is 3.14. The first-order valence-corrected chi connectivity index (χ1v) is 15.3. The van der Waals surface area contributed by atoms with Crippen LogP contribution < -0.4 is 0 Å². The Morgan fingerprint density at radius 1 is 1.07 bits per heavy atom. The van der Waals surface area contributed by atoms with E-state index in [-0.39, 0.29) is 47.8 Å². The number of benzene rings is 1. The number of likely N-dealkylation sites (N-methyl/N-ethyl adjacent to an activating group) is 1. The Labute approximate surface area is 242 Å². The lowest BCUT2D eigenvalue weighted by Crippen LogP contribution is -2.82. The van der Waals surface area contributed by atoms with Crippen molar-refractivity contribution in [2.24, 2.45) is 34.5 Å². The lowest BCUT2D eigenvalue weighted by atomic mass is 9.42. The number of piperidine rings is 1. The van der Waals surface area contributed by atoms with Gasteiger partial charge in [0, 0.05) is 70.0 Å². The van der Waals surface area contributed by atoms with E-state index in [0.717, 1.165) is 32.4 Å². The van der Waals surface area contributed by atoms with Gasteiger partial charge < -0.3 is 33.9 Å². The molecule has 13 atom stereocenters. The number of methoxy groups -OCH3 is 4. The third-order valence-electron chi connectivity index (χ3n) is 12.7. The van der Waals surface area contributed by atoms with Crippen LogP contribution in [0.15, 0.2) is 30.3 Å². The minimum absolute atomic E-state index is 0.0718. The van der Waals surface area contributed by atoms with Crippen molar-refractivity contribution in [1.29, 1.82) is 0 Å². The summed E-state index contributed by atoms with van der Waals surface area (Å²) in [6.07, 6.45) is 0.923. The molecule has 5 saturated carbocycles. The second-order valence-electron chi connectivity index (χ2n) is 13.7. The summed E-state index contributed by atoms with van der Waals surface area (Å²) in [7, 11) is 6.84. The number of carbonyl (C=O) groups is 1. The lowest BCUT2D eigenvalue weighted by Gasteiger charge is -2.70. The largest absolute Gasteiger partial charge is 0.458 e. The Bertz CT molecular complexity index is 1180. The zero-order chi connectivity index (χ0) is 28.9. The summed E-state index contributed by atoms with van der Waals surface area (Å²) >= 11 is 0. The lowest BCUT2D eigenvalue weighted by molar-refractivity contribution is -0.318. The highest BCUT2D eigenvalue weighted by molar-refractivity contribution is 5.89. The molecular formula is C32H45NO8. The Balaban J connectivity index is 1.45. The van der Waals surface area contributed by atoms with Gasteiger partial charge >= 0.3 is 5.97 Å². The monoisotopic (exact) mass is 571 g/mol. The van der Waals surface area contributed by atoms with E-state index in [0.29, 0.717) is 12.2 Å². The second-order valence-corrected chi connectivity index (χ2v) is 13.7. The average Bonchev–Trinajstić information content (AvgIpc) is 3.37. The van der Waals surface area contributed by atoms with Crippen molar-refractivity contribution in [2.45, 2.75) is 74.3 Å². The van der Waals surface area contributed by atoms with Crippen molar-refractivity contribution in [1.82, 2.24) is 4.90 Å². The number of hydrogen-bond donors (Lipinski definition) is 2. The molecule has 2 N–H and O–H groups in total. The summed E-state index contributed by atoms with van der Waals surface area (Å²) in [6.45, 7) is 4.16. The van der Waals surface area contributed by atoms with Gasteiger partial charge in [-0.15, -0.1) is 0 Å². The van der Waals surface area contributed by atoms with Gasteiger partial charge in [0.2, 0.25) is 0 Å². The number of rotatable bonds is 8. The van der Waals surface area contributed by atoms with E-state index in [4.69, 9.17) is 23.7 Å². The number of aliphatic hydroxyl groups is 2. The van der Waals surface area contributed by atoms with Gasteiger partial charge in [-0.3, -0.25) is 4.90 Å². The normalized spacial score (nSPS) is 51.0. The SMILES string of the molecule is CCN1CC2(COC)CCC(OC)C34C5CC6C(OC)CC(O)(C5C6OC(=O)c5ccccc5)C(O)(C(OC)C23)C14. The minimum Gasteiger partial charge on any atom is -0.458 e. The summed E-state index contributed by atoms with van der Waals surface area (Å²) in [4.78, 5) is 15.9. The molecule has 7 rings (SSSR count). The van der Waals surface area contributed by atoms with E-state index < -0.39 is 40.7 Å². The van der Waals surface area contributed by atoms with E-state index in [9.17, 15) is 15.0 Å². The number of hydrogen-bond acceptors (Lipinski definition) is 9. The molecule has 41 heavy (non-hydrogen) atoms. The quantitative estimate of drug-likeness (QED) is 0.454. The van der Waals surface area contributed by atoms with Crippen LogP contribution >= 0.6 is 0 Å². The van der Waals surface area contributed by atoms with E-state index in [1.807, 2.05) is 18.2 Å². The smallest absolute Gasteiger partial charge is 0.338 e. The van der Waals surface area contributed by atoms with E-state index in [2.05, 4.69) is 11.8 Å². The standard InChI is InChI=1S/C32H45NO8/c1-6-33-16-29(17-37-2)13-12-22(39-4)31-20-14-19-21(38-3)15-30(35,32(36,28(31)33)26(40-5)25(29)31)23(20)24(19)41-27(34)18-10-8-7-9-11-18/h7-11,19-26,28,35-36H,6,12-17H2,1-5H3. The van der Waals surface area contributed by atoms with Crippen LogP contribution in [0.25, 0.3) is 0 Å². The van der Waals surface area contributed by atoms with Crippen LogP contribution in [0.3, 0.4) is 0 Å². The maximum Gasteiger partial charge on any atom is 0.338 e. The molecular weight excluding hydrogens is 526 g/mol. The maximum absolute atomic E-state index is 13.5. The van der Waals surface area contributed by atoms with Gasteiger partial charge in [0.1, 0.15) is 17.3 Å². The molecule has 1 aromatic carbocycles. The molecule has 0 amide bonds. The number of esters is 1. The Morgan fingerprint density at radius 2 is 1.83 bits per heavy atom. The van der Waals surface area contributed by atoms with Gasteiger partial charge in [-0.25, -0.2) is 4.79 Å². The van der Waals surface area contributed by atoms with Crippen molar-refractivity contribution in [2.75, 3.05) is 48.1 Å². The Hall–Kier alpha value is -1.59. The molecule has 7 bridgehead atoms. The average molecular weight is 572 g/mol. The molecule has 1 heterocycles. The molecule has 226 valence electrons. The predicted octanol–water partition coefficient (Wildman–Crippen LogP) is 2.14. The van der Waals surface area contributed by atoms with Crippen LogP contribution in [0.2, 0.25) is 0 Å². The zero-order valence-electron chi connectivity index (χ0n) is 24.8. The number of fused-ring (bicyclic) bond motifs is 2. The van der Waals surface area contributed by atoms with Crippen LogP contribution in [0.5, 0.6) is 0 Å². The molecule has 0 radical (unpaired) electrons. The summed E-state index contributed by atoms with van der Waals surface area (Å²) in [5.41, 5.74) is -3.56. The Morgan fingerprint density at radius 3 is 2.46 bits per heavy atom. The molecule has 1 aromatic rings. The van der Waals surface area contributed by atoms with E-state index >= 15 is 0 Å². The minimum atomic E-state index is -1.64. The fraction of sp³-hybridized carbons (Fsp3) is 0.781. The second kappa shape index (κ2) is 9.45. The fourth-order valence-corrected chi connectivity index (χ4v) is 11.9. The molecule has 1 saturated heterocycles. The summed E-state index contributed by atoms with van der Waals surface area (Å²) in [5.74, 6) is -1.17. The first kappa shape index (κ1) is 28.2. The van der Waals surface area contributed by atoms with Crippen molar-refractivity contribution in [3.8, 4) is 0 Å². The molecule has 6 fully saturated rings. The van der Waals surface area contributed by atoms with Crippen LogP contribution in [0, 0.1) is 34.5 Å². The van der Waals surface area contributed by atoms with Gasteiger partial charge in [0.05, 0.1) is 36.5 Å². The van der Waals surface area contributed by atoms with Crippen molar-refractivity contribution >= 4 is 5.97 Å². The highest BCUT2D eigenvalue weighted by atomic mass is 16.6. The van der Waals surface area contributed by atoms with Crippen LogP contribution in [0.1, 0.15) is 43.0 Å². The van der Waals surface area contributed by atoms with Gasteiger partial charge in [-0.05, 0) is 43.9 Å². The number of ether oxygens (including phenoxy) is 5. The first-order valence-electron chi connectivity index (χ1n) is 15.3. The van der Waals surface area contributed by atoms with Gasteiger partial charge in [-0.2, -0.15) is 0 Å². The molecule has 1 aliphatic heterocycles. The molecule has 6 aliphatic rings. The summed E-state index contributed by atoms with van der Waals surface area (Å²) in [5, 5.41) is 26.5. The van der Waals surface area contributed by atoms with Crippen LogP contribution in [0.4, 0.5) is 0 Å². The summed E-state index contributed by atoms with van der Waals surface area (Å²) in [6, 6.07) is 8.62. The number of likely N-dealkylation sites (tertiary alicyclic amines) is 1. The fourth-order valence-electron chi connectivity index (χ4n) is 11.9. The van der Waals surface area contributed by atoms with Crippen molar-refractivity contribution in [3.63, 3.8) is 0 Å². The zero-order valence-corrected chi connectivity index (χ0v) is 24.8. The van der Waals surface area contributed by atoms with Crippen molar-refractivity contribution < 1.29 is 38.7 Å². The highest BCUT2D eigenvalue weighted by Gasteiger charge is 2.91. The molecule has 0 aromatic heterocycles. The molecule has 9 heteroatoms. The molecule has 5 aliphatic carbocycles. The van der Waals surface area contributed by atoms with E-state index in [1.165, 1.54) is 0 Å². The van der Waals surface area contributed by atoms with Crippen LogP contribution in [-0.4, -0.2) is 111 Å². The van der Waals surface area contributed by atoms with Gasteiger partial charge in [0.25, 0.3) is 0 Å². The first-order chi connectivity index (χ1) is 19.7. The predicted molar refractivity (Wildman–Crippen MR) is 148 cm³/mol. The topological polar surface area (TPSA) is 107 Å².